The standard InChI is InChI=1S/C12H13BrN4O2/c1-7(11(18)17-12(19)15-2)16-10-5-9(13)4-3-8(10)6-14/h3-5,7,16H,1-2H3,(H2,15,17,18,19). The number of nitrogens with zero attached hydrogens (tertiary/aromatic N) is 1. The number of hydrogen-bond acceptors (Lipinski definition) is 4. The third-order valence-electron chi connectivity index (χ3n) is 2.33. The van der Waals surface area contributed by atoms with Crippen LogP contribution in [0.15, 0.2) is 22.7 Å². The fourth-order valence-electron chi connectivity index (χ4n) is 1.31. The second kappa shape index (κ2) is 6.75. The summed E-state index contributed by atoms with van der Waals surface area (Å²) in [5, 5.41) is 16.3. The van der Waals surface area contributed by atoms with Gasteiger partial charge in [-0.2, -0.15) is 5.26 Å². The van der Waals surface area contributed by atoms with Gasteiger partial charge >= 0.3 is 6.03 Å². The highest BCUT2D eigenvalue weighted by molar-refractivity contribution is 9.10. The lowest BCUT2D eigenvalue weighted by molar-refractivity contribution is -0.120. The first kappa shape index (κ1) is 15.0. The van der Waals surface area contributed by atoms with E-state index >= 15 is 0 Å². The van der Waals surface area contributed by atoms with Gasteiger partial charge in [-0.1, -0.05) is 15.9 Å². The van der Waals surface area contributed by atoms with Gasteiger partial charge in [0.1, 0.15) is 12.1 Å². The van der Waals surface area contributed by atoms with E-state index in [1.165, 1.54) is 7.05 Å². The zero-order chi connectivity index (χ0) is 14.4. The number of carbonyl (C=O) groups is 2. The minimum atomic E-state index is -0.654. The van der Waals surface area contributed by atoms with Gasteiger partial charge in [0.15, 0.2) is 0 Å². The molecule has 0 bridgehead atoms. The lowest BCUT2D eigenvalue weighted by atomic mass is 10.1. The molecule has 1 aromatic carbocycles. The van der Waals surface area contributed by atoms with E-state index in [0.29, 0.717) is 11.3 Å². The van der Waals surface area contributed by atoms with Crippen molar-refractivity contribution < 1.29 is 9.59 Å². The van der Waals surface area contributed by atoms with Gasteiger partial charge in [-0.05, 0) is 25.1 Å². The number of benzene rings is 1. The molecule has 0 aliphatic rings. The van der Waals surface area contributed by atoms with Gasteiger partial charge in [-0.15, -0.1) is 0 Å². The van der Waals surface area contributed by atoms with Gasteiger partial charge in [-0.25, -0.2) is 4.79 Å². The van der Waals surface area contributed by atoms with Crippen LogP contribution in [0, 0.1) is 11.3 Å². The summed E-state index contributed by atoms with van der Waals surface area (Å²) in [5.74, 6) is -0.483. The van der Waals surface area contributed by atoms with E-state index in [2.05, 4.69) is 31.9 Å². The summed E-state index contributed by atoms with van der Waals surface area (Å²) in [6.07, 6.45) is 0. The molecule has 0 aromatic heterocycles. The third kappa shape index (κ3) is 4.26. The highest BCUT2D eigenvalue weighted by Gasteiger charge is 2.16. The number of nitriles is 1. The van der Waals surface area contributed by atoms with Crippen LogP contribution in [0.1, 0.15) is 12.5 Å². The van der Waals surface area contributed by atoms with Gasteiger partial charge in [0.25, 0.3) is 0 Å². The molecular weight excluding hydrogens is 312 g/mol. The van der Waals surface area contributed by atoms with Gasteiger partial charge in [0.2, 0.25) is 5.91 Å². The van der Waals surface area contributed by atoms with E-state index in [1.54, 1.807) is 25.1 Å². The minimum absolute atomic E-state index is 0.419. The van der Waals surface area contributed by atoms with Crippen LogP contribution in [0.3, 0.4) is 0 Å². The Bertz CT molecular complexity index is 539. The predicted octanol–water partition coefficient (Wildman–Crippen LogP) is 1.58. The van der Waals surface area contributed by atoms with Crippen molar-refractivity contribution in [2.45, 2.75) is 13.0 Å². The molecule has 100 valence electrons. The average Bonchev–Trinajstić information content (AvgIpc) is 2.38. The quantitative estimate of drug-likeness (QED) is 0.786. The lowest BCUT2D eigenvalue weighted by Gasteiger charge is -2.15. The Labute approximate surface area is 119 Å². The Balaban J connectivity index is 2.79. The van der Waals surface area contributed by atoms with Crippen molar-refractivity contribution >= 4 is 33.6 Å². The molecule has 0 spiro atoms. The van der Waals surface area contributed by atoms with Crippen LogP contribution in [0.2, 0.25) is 0 Å². The molecule has 0 fully saturated rings. The van der Waals surface area contributed by atoms with E-state index in [4.69, 9.17) is 5.26 Å². The van der Waals surface area contributed by atoms with E-state index in [1.807, 2.05) is 6.07 Å². The van der Waals surface area contributed by atoms with Crippen molar-refractivity contribution in [2.75, 3.05) is 12.4 Å². The molecule has 0 heterocycles. The second-order valence-corrected chi connectivity index (χ2v) is 4.65. The number of anilines is 1. The first-order valence-electron chi connectivity index (χ1n) is 5.46. The van der Waals surface area contributed by atoms with Crippen molar-refractivity contribution in [3.05, 3.63) is 28.2 Å². The second-order valence-electron chi connectivity index (χ2n) is 3.74. The summed E-state index contributed by atoms with van der Waals surface area (Å²) in [6, 6.07) is 5.86. The normalized spacial score (nSPS) is 11.1. The summed E-state index contributed by atoms with van der Waals surface area (Å²) < 4.78 is 0.785. The Hall–Kier alpha value is -2.07. The first-order chi connectivity index (χ1) is 8.97. The van der Waals surface area contributed by atoms with Gasteiger partial charge in [0.05, 0.1) is 11.3 Å². The molecule has 0 saturated carbocycles. The van der Waals surface area contributed by atoms with Crippen molar-refractivity contribution in [2.24, 2.45) is 0 Å². The smallest absolute Gasteiger partial charge is 0.321 e. The number of hydrogen-bond donors (Lipinski definition) is 3. The summed E-state index contributed by atoms with van der Waals surface area (Å²) in [5.41, 5.74) is 0.944. The van der Waals surface area contributed by atoms with Crippen molar-refractivity contribution in [1.82, 2.24) is 10.6 Å². The minimum Gasteiger partial charge on any atom is -0.373 e. The fourth-order valence-corrected chi connectivity index (χ4v) is 1.68. The monoisotopic (exact) mass is 324 g/mol. The van der Waals surface area contributed by atoms with Crippen molar-refractivity contribution in [1.29, 1.82) is 5.26 Å². The van der Waals surface area contributed by atoms with Gasteiger partial charge in [-0.3, -0.25) is 10.1 Å². The lowest BCUT2D eigenvalue weighted by Crippen LogP contribution is -2.44. The summed E-state index contributed by atoms with van der Waals surface area (Å²) in [6.45, 7) is 1.60. The number of halogens is 1. The molecule has 19 heavy (non-hydrogen) atoms. The maximum absolute atomic E-state index is 11.7. The molecular formula is C12H13BrN4O2. The SMILES string of the molecule is CNC(=O)NC(=O)C(C)Nc1cc(Br)ccc1C#N. The zero-order valence-corrected chi connectivity index (χ0v) is 12.0. The molecule has 0 aliphatic heterocycles. The molecule has 6 nitrogen and oxygen atoms in total. The van der Waals surface area contributed by atoms with E-state index in [-0.39, 0.29) is 0 Å². The van der Waals surface area contributed by atoms with Crippen molar-refractivity contribution in [3.63, 3.8) is 0 Å². The Morgan fingerprint density at radius 2 is 2.11 bits per heavy atom. The van der Waals surface area contributed by atoms with Gasteiger partial charge in [0, 0.05) is 11.5 Å². The van der Waals surface area contributed by atoms with Crippen LogP contribution in [0.5, 0.6) is 0 Å². The van der Waals surface area contributed by atoms with Crippen LogP contribution in [-0.4, -0.2) is 25.0 Å². The highest BCUT2D eigenvalue weighted by atomic mass is 79.9. The first-order valence-corrected chi connectivity index (χ1v) is 6.26. The number of urea groups is 1. The molecule has 3 N–H and O–H groups in total. The van der Waals surface area contributed by atoms with Crippen LogP contribution in [0.25, 0.3) is 0 Å². The molecule has 1 rings (SSSR count). The number of amides is 3. The number of carbonyl (C=O) groups excluding carboxylic acids is 2. The number of rotatable bonds is 3. The van der Waals surface area contributed by atoms with E-state index in [0.717, 1.165) is 4.47 Å². The topological polar surface area (TPSA) is 94.0 Å². The van der Waals surface area contributed by atoms with E-state index < -0.39 is 18.0 Å². The third-order valence-corrected chi connectivity index (χ3v) is 2.82. The maximum Gasteiger partial charge on any atom is 0.321 e. The highest BCUT2D eigenvalue weighted by Crippen LogP contribution is 2.21. The van der Waals surface area contributed by atoms with E-state index in [9.17, 15) is 9.59 Å². The van der Waals surface area contributed by atoms with Gasteiger partial charge < -0.3 is 10.6 Å². The molecule has 0 aliphatic carbocycles. The molecule has 7 heteroatoms. The van der Waals surface area contributed by atoms with Crippen molar-refractivity contribution in [3.8, 4) is 6.07 Å². The molecule has 1 atom stereocenters. The molecule has 1 aromatic rings. The molecule has 1 unspecified atom stereocenters. The Morgan fingerprint density at radius 1 is 1.42 bits per heavy atom. The fraction of sp³-hybridized carbons (Fsp3) is 0.250. The zero-order valence-electron chi connectivity index (χ0n) is 10.5. The summed E-state index contributed by atoms with van der Waals surface area (Å²) >= 11 is 3.29. The molecule has 0 radical (unpaired) electrons. The summed E-state index contributed by atoms with van der Waals surface area (Å²) in [7, 11) is 1.42. The van der Waals surface area contributed by atoms with Crippen LogP contribution >= 0.6 is 15.9 Å². The molecule has 0 saturated heterocycles. The Morgan fingerprint density at radius 3 is 2.68 bits per heavy atom. The van der Waals surface area contributed by atoms with Crippen LogP contribution in [-0.2, 0) is 4.79 Å². The molecule has 3 amide bonds. The maximum atomic E-state index is 11.7. The Kier molecular flexibility index (Phi) is 5.33. The summed E-state index contributed by atoms with van der Waals surface area (Å²) in [4.78, 5) is 22.7. The van der Waals surface area contributed by atoms with Crippen LogP contribution in [0.4, 0.5) is 10.5 Å². The largest absolute Gasteiger partial charge is 0.373 e. The number of imide groups is 1. The average molecular weight is 325 g/mol. The predicted molar refractivity (Wildman–Crippen MR) is 74.5 cm³/mol. The van der Waals surface area contributed by atoms with Crippen LogP contribution < -0.4 is 16.0 Å². The number of nitrogens with one attached hydrogen (secondary N) is 3.